The quantitative estimate of drug-likeness (QED) is 0.699. The molecule has 1 aromatic heterocycles. The summed E-state index contributed by atoms with van der Waals surface area (Å²) in [6.07, 6.45) is 0. The maximum atomic E-state index is 13.0. The van der Waals surface area contributed by atoms with E-state index in [-0.39, 0.29) is 5.82 Å². The monoisotopic (exact) mass is 226 g/mol. The van der Waals surface area contributed by atoms with Crippen molar-refractivity contribution < 1.29 is 8.78 Å². The smallest absolute Gasteiger partial charge is 0.198 e. The van der Waals surface area contributed by atoms with Gasteiger partial charge in [0.1, 0.15) is 0 Å². The van der Waals surface area contributed by atoms with Crippen molar-refractivity contribution in [1.82, 2.24) is 9.97 Å². The second kappa shape index (κ2) is 3.90. The van der Waals surface area contributed by atoms with Gasteiger partial charge < -0.3 is 0 Å². The highest BCUT2D eigenvalue weighted by Gasteiger charge is 2.12. The Labute approximate surface area is 89.6 Å². The predicted octanol–water partition coefficient (Wildman–Crippen LogP) is 3.08. The van der Waals surface area contributed by atoms with E-state index in [9.17, 15) is 8.78 Å². The molecule has 0 aliphatic carbocycles. The minimum atomic E-state index is -1.05. The first-order chi connectivity index (χ1) is 7.18. The highest BCUT2D eigenvalue weighted by Crippen LogP contribution is 2.20. The summed E-state index contributed by atoms with van der Waals surface area (Å²) in [5.74, 6) is -2.12. The fourth-order valence-corrected chi connectivity index (χ4v) is 1.20. The van der Waals surface area contributed by atoms with Gasteiger partial charge in [0.2, 0.25) is 11.9 Å². The third kappa shape index (κ3) is 1.94. The van der Waals surface area contributed by atoms with Crippen molar-refractivity contribution in [2.75, 3.05) is 0 Å². The molecule has 2 rings (SSSR count). The van der Waals surface area contributed by atoms with Crippen LogP contribution in [0.1, 0.15) is 0 Å². The largest absolute Gasteiger partial charge is 0.238 e. The molecule has 0 aliphatic rings. The molecule has 0 aliphatic heterocycles. The summed E-state index contributed by atoms with van der Waals surface area (Å²) in [5.41, 5.74) is 0.534. The fraction of sp³-hybridized carbons (Fsp3) is 0. The number of hydrogen-bond acceptors (Lipinski definition) is 2. The number of rotatable bonds is 1. The van der Waals surface area contributed by atoms with Gasteiger partial charge in [0, 0.05) is 5.56 Å². The van der Waals surface area contributed by atoms with Crippen LogP contribution in [0.5, 0.6) is 0 Å². The number of nitrogens with zero attached hydrogens (tertiary/aromatic N) is 2. The summed E-state index contributed by atoms with van der Waals surface area (Å²) < 4.78 is 26.0. The van der Waals surface area contributed by atoms with E-state index in [2.05, 4.69) is 9.97 Å². The lowest BCUT2D eigenvalue weighted by Gasteiger charge is -2.01. The normalized spacial score (nSPS) is 10.3. The van der Waals surface area contributed by atoms with Crippen LogP contribution in [0, 0.1) is 11.9 Å². The van der Waals surface area contributed by atoms with E-state index in [0.717, 1.165) is 0 Å². The summed E-state index contributed by atoms with van der Waals surface area (Å²) >= 11 is 5.26. The Kier molecular flexibility index (Phi) is 2.60. The second-order valence-corrected chi connectivity index (χ2v) is 3.19. The standard InChI is InChI=1S/C10H5ClF2N2/c11-7-8(12)14-10(15-9(7)13)6-4-2-1-3-5-6/h1-5H. The molecular formula is C10H5ClF2N2. The van der Waals surface area contributed by atoms with E-state index in [1.54, 1.807) is 30.3 Å². The van der Waals surface area contributed by atoms with E-state index < -0.39 is 16.9 Å². The van der Waals surface area contributed by atoms with Crippen LogP contribution in [-0.2, 0) is 0 Å². The first-order valence-electron chi connectivity index (χ1n) is 4.12. The van der Waals surface area contributed by atoms with Gasteiger partial charge >= 0.3 is 0 Å². The average molecular weight is 227 g/mol. The molecule has 0 radical (unpaired) electrons. The Morgan fingerprint density at radius 2 is 1.47 bits per heavy atom. The molecule has 5 heteroatoms. The lowest BCUT2D eigenvalue weighted by atomic mass is 10.2. The highest BCUT2D eigenvalue weighted by atomic mass is 35.5. The van der Waals surface area contributed by atoms with Gasteiger partial charge in [0.15, 0.2) is 10.8 Å². The van der Waals surface area contributed by atoms with Crippen molar-refractivity contribution in [3.05, 3.63) is 47.2 Å². The third-order valence-corrected chi connectivity index (χ3v) is 2.11. The minimum absolute atomic E-state index is 0.0185. The lowest BCUT2D eigenvalue weighted by molar-refractivity contribution is 0.529. The minimum Gasteiger partial charge on any atom is -0.198 e. The molecule has 2 aromatic rings. The topological polar surface area (TPSA) is 25.8 Å². The summed E-state index contributed by atoms with van der Waals surface area (Å²) in [7, 11) is 0. The van der Waals surface area contributed by atoms with Gasteiger partial charge in [0.25, 0.3) is 0 Å². The number of halogens is 3. The molecule has 0 saturated carbocycles. The van der Waals surface area contributed by atoms with Crippen LogP contribution in [0.4, 0.5) is 8.78 Å². The van der Waals surface area contributed by atoms with E-state index in [1.807, 2.05) is 0 Å². The zero-order chi connectivity index (χ0) is 10.8. The van der Waals surface area contributed by atoms with Crippen LogP contribution in [0.15, 0.2) is 30.3 Å². The van der Waals surface area contributed by atoms with Crippen LogP contribution in [0.3, 0.4) is 0 Å². The van der Waals surface area contributed by atoms with Crippen molar-refractivity contribution >= 4 is 11.6 Å². The number of benzene rings is 1. The van der Waals surface area contributed by atoms with Crippen molar-refractivity contribution in [1.29, 1.82) is 0 Å². The maximum absolute atomic E-state index is 13.0. The van der Waals surface area contributed by atoms with E-state index >= 15 is 0 Å². The predicted molar refractivity (Wildman–Crippen MR) is 52.4 cm³/mol. The fourth-order valence-electron chi connectivity index (χ4n) is 1.11. The van der Waals surface area contributed by atoms with Gasteiger partial charge in [-0.05, 0) is 0 Å². The Bertz CT molecular complexity index is 465. The van der Waals surface area contributed by atoms with E-state index in [0.29, 0.717) is 5.56 Å². The molecule has 0 atom stereocenters. The molecule has 0 bridgehead atoms. The molecule has 2 nitrogen and oxygen atoms in total. The summed E-state index contributed by atoms with van der Waals surface area (Å²) in [4.78, 5) is 6.91. The third-order valence-electron chi connectivity index (χ3n) is 1.80. The van der Waals surface area contributed by atoms with Crippen molar-refractivity contribution in [2.45, 2.75) is 0 Å². The molecule has 0 spiro atoms. The van der Waals surface area contributed by atoms with Crippen LogP contribution in [-0.4, -0.2) is 9.97 Å². The van der Waals surface area contributed by atoms with Crippen molar-refractivity contribution in [2.24, 2.45) is 0 Å². The molecule has 0 saturated heterocycles. The Morgan fingerprint density at radius 3 is 2.00 bits per heavy atom. The molecule has 1 aromatic carbocycles. The molecule has 0 fully saturated rings. The molecule has 1 heterocycles. The molecule has 0 unspecified atom stereocenters. The van der Waals surface area contributed by atoms with Crippen molar-refractivity contribution in [3.63, 3.8) is 0 Å². The molecule has 0 amide bonds. The Balaban J connectivity index is 2.56. The Morgan fingerprint density at radius 1 is 0.933 bits per heavy atom. The van der Waals surface area contributed by atoms with Gasteiger partial charge in [0.05, 0.1) is 0 Å². The zero-order valence-corrected chi connectivity index (χ0v) is 8.17. The second-order valence-electron chi connectivity index (χ2n) is 2.81. The Hall–Kier alpha value is -1.55. The van der Waals surface area contributed by atoms with E-state index in [4.69, 9.17) is 11.6 Å². The summed E-state index contributed by atoms with van der Waals surface area (Å²) in [6, 6.07) is 8.54. The van der Waals surface area contributed by atoms with Crippen LogP contribution in [0.25, 0.3) is 11.4 Å². The first-order valence-corrected chi connectivity index (χ1v) is 4.50. The molecule has 0 N–H and O–H groups in total. The molecule has 15 heavy (non-hydrogen) atoms. The van der Waals surface area contributed by atoms with Gasteiger partial charge in [-0.25, -0.2) is 0 Å². The zero-order valence-electron chi connectivity index (χ0n) is 7.42. The summed E-state index contributed by atoms with van der Waals surface area (Å²) in [6.45, 7) is 0. The van der Waals surface area contributed by atoms with E-state index in [1.165, 1.54) is 0 Å². The maximum Gasteiger partial charge on any atom is 0.238 e. The van der Waals surface area contributed by atoms with Gasteiger partial charge in [-0.2, -0.15) is 18.7 Å². The van der Waals surface area contributed by atoms with Crippen molar-refractivity contribution in [3.8, 4) is 11.4 Å². The van der Waals surface area contributed by atoms with Crippen LogP contribution in [0.2, 0.25) is 5.02 Å². The average Bonchev–Trinajstić information content (AvgIpc) is 2.26. The van der Waals surface area contributed by atoms with Crippen LogP contribution >= 0.6 is 11.6 Å². The van der Waals surface area contributed by atoms with Gasteiger partial charge in [-0.1, -0.05) is 41.9 Å². The first kappa shape index (κ1) is 9.98. The van der Waals surface area contributed by atoms with Gasteiger partial charge in [-0.15, -0.1) is 0 Å². The molecule has 76 valence electrons. The van der Waals surface area contributed by atoms with Gasteiger partial charge in [-0.3, -0.25) is 0 Å². The lowest BCUT2D eigenvalue weighted by Crippen LogP contribution is -1.97. The number of hydrogen-bond donors (Lipinski definition) is 0. The summed E-state index contributed by atoms with van der Waals surface area (Å²) in [5, 5.41) is -0.685. The number of aromatic nitrogens is 2. The SMILES string of the molecule is Fc1nc(-c2ccccc2)nc(F)c1Cl. The van der Waals surface area contributed by atoms with Crippen LogP contribution < -0.4 is 0 Å². The molecular weight excluding hydrogens is 222 g/mol. The highest BCUT2D eigenvalue weighted by molar-refractivity contribution is 6.30.